The van der Waals surface area contributed by atoms with E-state index in [2.05, 4.69) is 11.9 Å². The van der Waals surface area contributed by atoms with Gasteiger partial charge in [0, 0.05) is 11.7 Å². The Kier molecular flexibility index (Phi) is 6.07. The maximum atomic E-state index is 13.2. The molecule has 2 aliphatic carbocycles. The molecular weight excluding hydrogens is 432 g/mol. The minimum absolute atomic E-state index is 0.0486. The van der Waals surface area contributed by atoms with Gasteiger partial charge in [0.2, 0.25) is 15.0 Å². The lowest BCUT2D eigenvalue weighted by molar-refractivity contribution is 0.231. The van der Waals surface area contributed by atoms with E-state index < -0.39 is 19.7 Å². The molecule has 1 heterocycles. The quantitative estimate of drug-likeness (QED) is 0.586. The summed E-state index contributed by atoms with van der Waals surface area (Å²) in [4.78, 5) is 4.66. The van der Waals surface area contributed by atoms with Crippen molar-refractivity contribution in [2.45, 2.75) is 69.0 Å². The second-order valence-electron chi connectivity index (χ2n) is 9.32. The number of nitrogens with zero attached hydrogens (tertiary/aromatic N) is 2. The van der Waals surface area contributed by atoms with Crippen LogP contribution in [0.1, 0.15) is 56.5 Å². The second kappa shape index (κ2) is 8.35. The first kappa shape index (κ1) is 22.5. The summed E-state index contributed by atoms with van der Waals surface area (Å²) >= 11 is 0. The molecule has 0 spiro atoms. The zero-order chi connectivity index (χ0) is 22.4. The predicted octanol–water partition coefficient (Wildman–Crippen LogP) is 4.13. The molecule has 170 valence electrons. The number of aryl methyl sites for hydroxylation is 1. The van der Waals surface area contributed by atoms with Gasteiger partial charge in [0.1, 0.15) is 0 Å². The SMILES string of the molecule is Cc1nc(S(=O)(=O)CCCS(=O)(=O)c2ccccc2)n(C(C)C2CC3CCC2C3)c1C. The number of hydrogen-bond acceptors (Lipinski definition) is 5. The van der Waals surface area contributed by atoms with Gasteiger partial charge in [-0.05, 0) is 76.3 Å². The first-order valence-electron chi connectivity index (χ1n) is 11.2. The third-order valence-corrected chi connectivity index (χ3v) is 10.9. The summed E-state index contributed by atoms with van der Waals surface area (Å²) in [7, 11) is -7.20. The fraction of sp³-hybridized carbons (Fsp3) is 0.609. The molecule has 31 heavy (non-hydrogen) atoms. The van der Waals surface area contributed by atoms with Crippen molar-refractivity contribution in [3.05, 3.63) is 41.7 Å². The largest absolute Gasteiger partial charge is 0.316 e. The van der Waals surface area contributed by atoms with Gasteiger partial charge < -0.3 is 4.57 Å². The standard InChI is InChI=1S/C23H32N2O4S2/c1-16-17(2)25(18(3)22-15-19-10-11-20(22)14-19)23(24-16)31(28,29)13-7-12-30(26,27)21-8-5-4-6-9-21/h4-6,8-9,18-20,22H,7,10-15H2,1-3H3. The van der Waals surface area contributed by atoms with Gasteiger partial charge in [-0.15, -0.1) is 0 Å². The van der Waals surface area contributed by atoms with Crippen molar-refractivity contribution in [2.75, 3.05) is 11.5 Å². The third-order valence-electron chi connectivity index (χ3n) is 7.38. The van der Waals surface area contributed by atoms with Gasteiger partial charge in [0.25, 0.3) is 0 Å². The molecule has 2 bridgehead atoms. The number of aromatic nitrogens is 2. The molecule has 1 aromatic heterocycles. The molecule has 0 radical (unpaired) electrons. The van der Waals surface area contributed by atoms with Crippen LogP contribution in [0.4, 0.5) is 0 Å². The molecule has 2 fully saturated rings. The Labute approximate surface area is 185 Å². The van der Waals surface area contributed by atoms with E-state index >= 15 is 0 Å². The molecular formula is C23H32N2O4S2. The summed E-state index contributed by atoms with van der Waals surface area (Å²) in [5.41, 5.74) is 1.62. The van der Waals surface area contributed by atoms with Gasteiger partial charge in [-0.1, -0.05) is 24.6 Å². The van der Waals surface area contributed by atoms with Crippen molar-refractivity contribution in [1.29, 1.82) is 0 Å². The van der Waals surface area contributed by atoms with Crippen LogP contribution in [-0.2, 0) is 19.7 Å². The molecule has 2 saturated carbocycles. The Morgan fingerprint density at radius 2 is 1.68 bits per heavy atom. The van der Waals surface area contributed by atoms with Crippen LogP contribution in [0.5, 0.6) is 0 Å². The Hall–Kier alpha value is -1.67. The van der Waals surface area contributed by atoms with Crippen LogP contribution >= 0.6 is 0 Å². The average Bonchev–Trinajstić information content (AvgIpc) is 3.44. The van der Waals surface area contributed by atoms with E-state index in [1.807, 2.05) is 18.4 Å². The lowest BCUT2D eigenvalue weighted by Gasteiger charge is -2.30. The molecule has 2 aromatic rings. The molecule has 0 saturated heterocycles. The summed E-state index contributed by atoms with van der Waals surface area (Å²) < 4.78 is 53.4. The monoisotopic (exact) mass is 464 g/mol. The molecule has 8 heteroatoms. The molecule has 1 aromatic carbocycles. The third kappa shape index (κ3) is 4.33. The Morgan fingerprint density at radius 1 is 1.00 bits per heavy atom. The zero-order valence-corrected chi connectivity index (χ0v) is 20.1. The minimum Gasteiger partial charge on any atom is -0.316 e. The number of hydrogen-bond donors (Lipinski definition) is 0. The van der Waals surface area contributed by atoms with Crippen LogP contribution in [-0.4, -0.2) is 37.9 Å². The molecule has 0 N–H and O–H groups in total. The molecule has 4 rings (SSSR count). The van der Waals surface area contributed by atoms with Gasteiger partial charge in [0.15, 0.2) is 9.84 Å². The topological polar surface area (TPSA) is 86.1 Å². The Balaban J connectivity index is 1.53. The predicted molar refractivity (Wildman–Crippen MR) is 121 cm³/mol. The fourth-order valence-electron chi connectivity index (χ4n) is 5.65. The number of rotatable bonds is 8. The molecule has 4 atom stereocenters. The van der Waals surface area contributed by atoms with E-state index in [0.29, 0.717) is 11.8 Å². The smallest absolute Gasteiger partial charge is 0.228 e. The maximum absolute atomic E-state index is 13.2. The van der Waals surface area contributed by atoms with Crippen molar-refractivity contribution < 1.29 is 16.8 Å². The van der Waals surface area contributed by atoms with Crippen LogP contribution in [0.3, 0.4) is 0 Å². The zero-order valence-electron chi connectivity index (χ0n) is 18.5. The molecule has 4 unspecified atom stereocenters. The number of imidazole rings is 1. The van der Waals surface area contributed by atoms with Crippen molar-refractivity contribution in [1.82, 2.24) is 9.55 Å². The lowest BCUT2D eigenvalue weighted by atomic mass is 9.84. The highest BCUT2D eigenvalue weighted by Gasteiger charge is 2.43. The summed E-state index contributed by atoms with van der Waals surface area (Å²) in [5, 5.41) is 0.106. The Morgan fingerprint density at radius 3 is 2.29 bits per heavy atom. The van der Waals surface area contributed by atoms with Crippen LogP contribution < -0.4 is 0 Å². The van der Waals surface area contributed by atoms with Crippen molar-refractivity contribution in [2.24, 2.45) is 17.8 Å². The van der Waals surface area contributed by atoms with Crippen molar-refractivity contribution >= 4 is 19.7 Å². The van der Waals surface area contributed by atoms with E-state index in [0.717, 1.165) is 23.7 Å². The highest BCUT2D eigenvalue weighted by Crippen LogP contribution is 2.52. The number of sulfone groups is 2. The van der Waals surface area contributed by atoms with Crippen LogP contribution in [0, 0.1) is 31.6 Å². The summed E-state index contributed by atoms with van der Waals surface area (Å²) in [6.07, 6.45) is 5.02. The van der Waals surface area contributed by atoms with Gasteiger partial charge in [-0.2, -0.15) is 0 Å². The fourth-order valence-corrected chi connectivity index (χ4v) is 8.75. The van der Waals surface area contributed by atoms with E-state index in [4.69, 9.17) is 0 Å². The minimum atomic E-state index is -3.70. The highest BCUT2D eigenvalue weighted by atomic mass is 32.2. The van der Waals surface area contributed by atoms with E-state index in [1.54, 1.807) is 30.3 Å². The second-order valence-corrected chi connectivity index (χ2v) is 13.4. The van der Waals surface area contributed by atoms with Crippen LogP contribution in [0.15, 0.2) is 40.4 Å². The summed E-state index contributed by atoms with van der Waals surface area (Å²) in [5.74, 6) is 1.52. The van der Waals surface area contributed by atoms with E-state index in [-0.39, 0.29) is 34.0 Å². The lowest BCUT2D eigenvalue weighted by Crippen LogP contribution is -2.26. The highest BCUT2D eigenvalue weighted by molar-refractivity contribution is 7.92. The summed E-state index contributed by atoms with van der Waals surface area (Å²) in [6.45, 7) is 5.90. The summed E-state index contributed by atoms with van der Waals surface area (Å²) in [6, 6.07) is 8.26. The van der Waals surface area contributed by atoms with E-state index in [9.17, 15) is 16.8 Å². The Bertz CT molecular complexity index is 1150. The van der Waals surface area contributed by atoms with Gasteiger partial charge in [0.05, 0.1) is 22.1 Å². The van der Waals surface area contributed by atoms with Crippen molar-refractivity contribution in [3.8, 4) is 0 Å². The number of fused-ring (bicyclic) bond motifs is 2. The first-order chi connectivity index (χ1) is 14.6. The van der Waals surface area contributed by atoms with Crippen molar-refractivity contribution in [3.63, 3.8) is 0 Å². The normalized spacial score (nSPS) is 24.5. The maximum Gasteiger partial charge on any atom is 0.228 e. The molecule has 0 aliphatic heterocycles. The van der Waals surface area contributed by atoms with Gasteiger partial charge in [-0.3, -0.25) is 0 Å². The molecule has 2 aliphatic rings. The van der Waals surface area contributed by atoms with Gasteiger partial charge >= 0.3 is 0 Å². The average molecular weight is 465 g/mol. The van der Waals surface area contributed by atoms with Gasteiger partial charge in [-0.25, -0.2) is 21.8 Å². The van der Waals surface area contributed by atoms with Crippen LogP contribution in [0.2, 0.25) is 0 Å². The van der Waals surface area contributed by atoms with Crippen LogP contribution in [0.25, 0.3) is 0 Å². The molecule has 6 nitrogen and oxygen atoms in total. The molecule has 0 amide bonds. The number of benzene rings is 1. The first-order valence-corrected chi connectivity index (χ1v) is 14.5. The van der Waals surface area contributed by atoms with E-state index in [1.165, 1.54) is 19.3 Å².